The lowest BCUT2D eigenvalue weighted by Crippen LogP contribution is -2.37. The number of hydrazone groups is 1. The standard InChI is InChI=1S/C22H23ClN4O3/c23-16-12-10-15(11-13-16)14-24-27-22(30)21(29)26-19-9-5-4-8-18(19)20(28)25-17-6-2-1-3-7-17/h4-5,8-14,17H,1-3,6-7H2,(H,25,28)(H,26,29)(H,27,30)/b24-14-. The number of halogens is 1. The Morgan fingerprint density at radius 1 is 0.933 bits per heavy atom. The number of hydrogen-bond acceptors (Lipinski definition) is 4. The van der Waals surface area contributed by atoms with Crippen LogP contribution in [0.3, 0.4) is 0 Å². The molecule has 8 heteroatoms. The highest BCUT2D eigenvalue weighted by molar-refractivity contribution is 6.40. The van der Waals surface area contributed by atoms with Crippen molar-refractivity contribution in [2.24, 2.45) is 5.10 Å². The molecule has 3 amide bonds. The molecule has 0 atom stereocenters. The van der Waals surface area contributed by atoms with Crippen LogP contribution in [0.5, 0.6) is 0 Å². The zero-order chi connectivity index (χ0) is 21.3. The van der Waals surface area contributed by atoms with Crippen LogP contribution in [-0.4, -0.2) is 30.0 Å². The van der Waals surface area contributed by atoms with Gasteiger partial charge in [0.15, 0.2) is 0 Å². The number of nitrogens with one attached hydrogen (secondary N) is 3. The van der Waals surface area contributed by atoms with Crippen LogP contribution in [0.25, 0.3) is 0 Å². The van der Waals surface area contributed by atoms with Crippen molar-refractivity contribution >= 4 is 41.2 Å². The van der Waals surface area contributed by atoms with E-state index in [4.69, 9.17) is 11.6 Å². The van der Waals surface area contributed by atoms with Crippen molar-refractivity contribution < 1.29 is 14.4 Å². The Hall–Kier alpha value is -3.19. The summed E-state index contributed by atoms with van der Waals surface area (Å²) in [6.45, 7) is 0. The van der Waals surface area contributed by atoms with Crippen molar-refractivity contribution in [3.8, 4) is 0 Å². The Morgan fingerprint density at radius 3 is 2.37 bits per heavy atom. The number of nitrogens with zero attached hydrogens (tertiary/aromatic N) is 1. The number of hydrogen-bond donors (Lipinski definition) is 3. The highest BCUT2D eigenvalue weighted by Crippen LogP contribution is 2.20. The van der Waals surface area contributed by atoms with Crippen LogP contribution >= 0.6 is 11.6 Å². The zero-order valence-electron chi connectivity index (χ0n) is 16.4. The normalized spacial score (nSPS) is 14.3. The number of para-hydroxylation sites is 1. The summed E-state index contributed by atoms with van der Waals surface area (Å²) in [5, 5.41) is 9.84. The summed E-state index contributed by atoms with van der Waals surface area (Å²) in [5.74, 6) is -2.12. The average Bonchev–Trinajstić information content (AvgIpc) is 2.76. The predicted molar refractivity (Wildman–Crippen MR) is 117 cm³/mol. The first-order valence-corrected chi connectivity index (χ1v) is 10.2. The second-order valence-electron chi connectivity index (χ2n) is 7.06. The molecule has 1 aliphatic carbocycles. The summed E-state index contributed by atoms with van der Waals surface area (Å²) in [6.07, 6.45) is 6.68. The third kappa shape index (κ3) is 6.15. The zero-order valence-corrected chi connectivity index (χ0v) is 17.1. The third-order valence-corrected chi connectivity index (χ3v) is 5.07. The molecular weight excluding hydrogens is 404 g/mol. The van der Waals surface area contributed by atoms with E-state index in [0.717, 1.165) is 25.7 Å². The van der Waals surface area contributed by atoms with Crippen LogP contribution in [0.1, 0.15) is 48.0 Å². The Labute approximate surface area is 179 Å². The molecule has 0 saturated heterocycles. The summed E-state index contributed by atoms with van der Waals surface area (Å²) in [6, 6.07) is 13.5. The van der Waals surface area contributed by atoms with Gasteiger partial charge < -0.3 is 10.6 Å². The molecule has 0 heterocycles. The van der Waals surface area contributed by atoms with Gasteiger partial charge in [0, 0.05) is 11.1 Å². The van der Waals surface area contributed by atoms with Crippen molar-refractivity contribution in [2.75, 3.05) is 5.32 Å². The van der Waals surface area contributed by atoms with Crippen molar-refractivity contribution in [1.82, 2.24) is 10.7 Å². The van der Waals surface area contributed by atoms with Crippen molar-refractivity contribution in [3.63, 3.8) is 0 Å². The fourth-order valence-electron chi connectivity index (χ4n) is 3.24. The van der Waals surface area contributed by atoms with Gasteiger partial charge in [-0.25, -0.2) is 5.43 Å². The average molecular weight is 427 g/mol. The molecule has 1 aliphatic rings. The maximum atomic E-state index is 12.6. The molecule has 156 valence electrons. The van der Waals surface area contributed by atoms with E-state index >= 15 is 0 Å². The fraction of sp³-hybridized carbons (Fsp3) is 0.273. The van der Waals surface area contributed by atoms with Crippen molar-refractivity contribution in [3.05, 3.63) is 64.7 Å². The summed E-state index contributed by atoms with van der Waals surface area (Å²) in [7, 11) is 0. The largest absolute Gasteiger partial charge is 0.349 e. The van der Waals surface area contributed by atoms with Crippen LogP contribution in [0.15, 0.2) is 53.6 Å². The van der Waals surface area contributed by atoms with Crippen LogP contribution in [0, 0.1) is 0 Å². The van der Waals surface area contributed by atoms with E-state index in [-0.39, 0.29) is 17.6 Å². The Kier molecular flexibility index (Phi) is 7.57. The number of carbonyl (C=O) groups is 3. The van der Waals surface area contributed by atoms with Gasteiger partial charge >= 0.3 is 11.8 Å². The Bertz CT molecular complexity index is 938. The molecule has 0 unspecified atom stereocenters. The molecule has 3 N–H and O–H groups in total. The first-order valence-electron chi connectivity index (χ1n) is 9.83. The number of carbonyl (C=O) groups excluding carboxylic acids is 3. The highest BCUT2D eigenvalue weighted by Gasteiger charge is 2.20. The fourth-order valence-corrected chi connectivity index (χ4v) is 3.37. The van der Waals surface area contributed by atoms with E-state index in [1.165, 1.54) is 12.6 Å². The quantitative estimate of drug-likeness (QED) is 0.387. The van der Waals surface area contributed by atoms with Crippen molar-refractivity contribution in [1.29, 1.82) is 0 Å². The third-order valence-electron chi connectivity index (χ3n) is 4.82. The summed E-state index contributed by atoms with van der Waals surface area (Å²) in [4.78, 5) is 36.9. The highest BCUT2D eigenvalue weighted by atomic mass is 35.5. The second kappa shape index (κ2) is 10.5. The molecule has 7 nitrogen and oxygen atoms in total. The van der Waals surface area contributed by atoms with E-state index < -0.39 is 11.8 Å². The van der Waals surface area contributed by atoms with Crippen LogP contribution in [0.4, 0.5) is 5.69 Å². The maximum absolute atomic E-state index is 12.6. The van der Waals surface area contributed by atoms with Gasteiger partial charge in [0.25, 0.3) is 5.91 Å². The van der Waals surface area contributed by atoms with E-state index in [9.17, 15) is 14.4 Å². The summed E-state index contributed by atoms with van der Waals surface area (Å²) in [5.41, 5.74) is 3.46. The van der Waals surface area contributed by atoms with Gasteiger partial charge in [0.2, 0.25) is 0 Å². The minimum absolute atomic E-state index is 0.139. The van der Waals surface area contributed by atoms with Crippen LogP contribution in [-0.2, 0) is 9.59 Å². The van der Waals surface area contributed by atoms with E-state index in [0.29, 0.717) is 16.1 Å². The topological polar surface area (TPSA) is 99.7 Å². The molecule has 1 fully saturated rings. The van der Waals surface area contributed by atoms with Crippen LogP contribution < -0.4 is 16.1 Å². The van der Waals surface area contributed by atoms with E-state index in [2.05, 4.69) is 21.2 Å². The Morgan fingerprint density at radius 2 is 1.63 bits per heavy atom. The number of anilines is 1. The van der Waals surface area contributed by atoms with Gasteiger partial charge in [0.05, 0.1) is 17.5 Å². The molecule has 30 heavy (non-hydrogen) atoms. The minimum atomic E-state index is -0.942. The van der Waals surface area contributed by atoms with Crippen LogP contribution in [0.2, 0.25) is 5.02 Å². The number of benzene rings is 2. The second-order valence-corrected chi connectivity index (χ2v) is 7.50. The molecule has 2 aromatic carbocycles. The summed E-state index contributed by atoms with van der Waals surface area (Å²) >= 11 is 5.81. The maximum Gasteiger partial charge on any atom is 0.329 e. The monoisotopic (exact) mass is 426 g/mol. The lowest BCUT2D eigenvalue weighted by atomic mass is 9.95. The molecule has 0 spiro atoms. The molecule has 3 rings (SSSR count). The number of rotatable bonds is 5. The molecule has 0 radical (unpaired) electrons. The van der Waals surface area contributed by atoms with Gasteiger partial charge in [-0.3, -0.25) is 14.4 Å². The SMILES string of the molecule is O=C(N/N=C\c1ccc(Cl)cc1)C(=O)Nc1ccccc1C(=O)NC1CCCCC1. The molecular formula is C22H23ClN4O3. The Balaban J connectivity index is 1.58. The molecule has 1 saturated carbocycles. The molecule has 2 aromatic rings. The molecule has 0 bridgehead atoms. The van der Waals surface area contributed by atoms with Gasteiger partial charge in [-0.2, -0.15) is 5.10 Å². The lowest BCUT2D eigenvalue weighted by Gasteiger charge is -2.23. The first-order chi connectivity index (χ1) is 14.5. The first kappa shape index (κ1) is 21.5. The summed E-state index contributed by atoms with van der Waals surface area (Å²) < 4.78 is 0. The van der Waals surface area contributed by atoms with Gasteiger partial charge in [0.1, 0.15) is 0 Å². The van der Waals surface area contributed by atoms with Crippen molar-refractivity contribution in [2.45, 2.75) is 38.1 Å². The van der Waals surface area contributed by atoms with E-state index in [1.807, 2.05) is 0 Å². The van der Waals surface area contributed by atoms with Gasteiger partial charge in [-0.1, -0.05) is 55.1 Å². The minimum Gasteiger partial charge on any atom is -0.349 e. The van der Waals surface area contributed by atoms with E-state index in [1.54, 1.807) is 48.5 Å². The number of amides is 3. The molecule has 0 aromatic heterocycles. The smallest absolute Gasteiger partial charge is 0.329 e. The van der Waals surface area contributed by atoms with Gasteiger partial charge in [-0.15, -0.1) is 0 Å². The lowest BCUT2D eigenvalue weighted by molar-refractivity contribution is -0.136. The van der Waals surface area contributed by atoms with Gasteiger partial charge in [-0.05, 0) is 42.7 Å². The molecule has 0 aliphatic heterocycles. The predicted octanol–water partition coefficient (Wildman–Crippen LogP) is 3.49.